The average Bonchev–Trinajstić information content (AvgIpc) is 2.10. The zero-order valence-corrected chi connectivity index (χ0v) is 8.12. The zero-order valence-electron chi connectivity index (χ0n) is 8.12. The summed E-state index contributed by atoms with van der Waals surface area (Å²) in [4.78, 5) is 8.22. The summed E-state index contributed by atoms with van der Waals surface area (Å²) >= 11 is 0. The van der Waals surface area contributed by atoms with E-state index >= 15 is 0 Å². The van der Waals surface area contributed by atoms with Crippen molar-refractivity contribution < 1.29 is 0 Å². The molecule has 4 nitrogen and oxygen atoms in total. The lowest BCUT2D eigenvalue weighted by atomic mass is 9.93. The first-order valence-corrected chi connectivity index (χ1v) is 4.80. The van der Waals surface area contributed by atoms with Gasteiger partial charge >= 0.3 is 0 Å². The first-order chi connectivity index (χ1) is 6.78. The fourth-order valence-corrected chi connectivity index (χ4v) is 1.46. The Morgan fingerprint density at radius 1 is 1.50 bits per heavy atom. The van der Waals surface area contributed by atoms with E-state index in [0.717, 1.165) is 5.82 Å². The van der Waals surface area contributed by atoms with Crippen LogP contribution >= 0.6 is 0 Å². The molecule has 0 spiro atoms. The smallest absolute Gasteiger partial charge is 0.146 e. The van der Waals surface area contributed by atoms with Gasteiger partial charge in [-0.05, 0) is 26.2 Å². The molecule has 0 radical (unpaired) electrons. The van der Waals surface area contributed by atoms with Gasteiger partial charge < -0.3 is 5.32 Å². The molecule has 1 saturated carbocycles. The van der Waals surface area contributed by atoms with E-state index in [1.165, 1.54) is 19.3 Å². The normalized spacial score (nSPS) is 15.7. The molecule has 0 unspecified atom stereocenters. The molecule has 1 aromatic rings. The van der Waals surface area contributed by atoms with Crippen molar-refractivity contribution in [3.8, 4) is 6.07 Å². The number of nitriles is 1. The van der Waals surface area contributed by atoms with Gasteiger partial charge in [-0.2, -0.15) is 5.26 Å². The van der Waals surface area contributed by atoms with E-state index in [4.69, 9.17) is 5.26 Å². The van der Waals surface area contributed by atoms with Crippen molar-refractivity contribution in [2.24, 2.45) is 0 Å². The molecule has 14 heavy (non-hydrogen) atoms. The van der Waals surface area contributed by atoms with Crippen molar-refractivity contribution in [1.82, 2.24) is 9.97 Å². The van der Waals surface area contributed by atoms with Gasteiger partial charge in [0.1, 0.15) is 23.4 Å². The summed E-state index contributed by atoms with van der Waals surface area (Å²) in [6, 6.07) is 4.26. The molecule has 1 aromatic heterocycles. The molecule has 0 bridgehead atoms. The van der Waals surface area contributed by atoms with Crippen LogP contribution in [0.2, 0.25) is 0 Å². The Morgan fingerprint density at radius 2 is 2.29 bits per heavy atom. The highest BCUT2D eigenvalue weighted by molar-refractivity contribution is 5.41. The van der Waals surface area contributed by atoms with Gasteiger partial charge in [-0.1, -0.05) is 0 Å². The van der Waals surface area contributed by atoms with Gasteiger partial charge in [0.25, 0.3) is 0 Å². The Hall–Kier alpha value is -1.63. The molecule has 0 saturated heterocycles. The molecule has 1 aliphatic carbocycles. The SMILES string of the molecule is Cc1nc(C#N)cc(NC2CCC2)n1. The Balaban J connectivity index is 2.16. The highest BCUT2D eigenvalue weighted by atomic mass is 15.1. The summed E-state index contributed by atoms with van der Waals surface area (Å²) in [7, 11) is 0. The molecule has 1 N–H and O–H groups in total. The second-order valence-electron chi connectivity index (χ2n) is 3.57. The maximum absolute atomic E-state index is 8.72. The van der Waals surface area contributed by atoms with Crippen LogP contribution in [0.3, 0.4) is 0 Å². The van der Waals surface area contributed by atoms with Crippen molar-refractivity contribution in [2.45, 2.75) is 32.2 Å². The third kappa shape index (κ3) is 1.82. The van der Waals surface area contributed by atoms with Crippen molar-refractivity contribution in [1.29, 1.82) is 5.26 Å². The van der Waals surface area contributed by atoms with Crippen LogP contribution in [0.4, 0.5) is 5.82 Å². The minimum Gasteiger partial charge on any atom is -0.367 e. The number of nitrogens with zero attached hydrogens (tertiary/aromatic N) is 3. The quantitative estimate of drug-likeness (QED) is 0.766. The number of hydrogen-bond donors (Lipinski definition) is 1. The molecule has 1 heterocycles. The van der Waals surface area contributed by atoms with E-state index in [2.05, 4.69) is 15.3 Å². The average molecular weight is 188 g/mol. The maximum Gasteiger partial charge on any atom is 0.146 e. The number of aromatic nitrogens is 2. The van der Waals surface area contributed by atoms with E-state index < -0.39 is 0 Å². The third-order valence-corrected chi connectivity index (χ3v) is 2.41. The van der Waals surface area contributed by atoms with Gasteiger partial charge in [-0.3, -0.25) is 0 Å². The molecular weight excluding hydrogens is 176 g/mol. The van der Waals surface area contributed by atoms with Gasteiger partial charge in [0.15, 0.2) is 0 Å². The van der Waals surface area contributed by atoms with E-state index in [9.17, 15) is 0 Å². The molecule has 1 fully saturated rings. The van der Waals surface area contributed by atoms with E-state index in [1.54, 1.807) is 13.0 Å². The number of hydrogen-bond acceptors (Lipinski definition) is 4. The van der Waals surface area contributed by atoms with Gasteiger partial charge in [-0.25, -0.2) is 9.97 Å². The van der Waals surface area contributed by atoms with E-state index in [0.29, 0.717) is 17.6 Å². The fraction of sp³-hybridized carbons (Fsp3) is 0.500. The first-order valence-electron chi connectivity index (χ1n) is 4.80. The summed E-state index contributed by atoms with van der Waals surface area (Å²) in [5.41, 5.74) is 0.430. The topological polar surface area (TPSA) is 61.6 Å². The lowest BCUT2D eigenvalue weighted by Crippen LogP contribution is -2.27. The standard InChI is InChI=1S/C10H12N4/c1-7-12-9(6-11)5-10(13-7)14-8-3-2-4-8/h5,8H,2-4H2,1H3,(H,12,13,14). The number of anilines is 1. The monoisotopic (exact) mass is 188 g/mol. The molecular formula is C10H12N4. The van der Waals surface area contributed by atoms with Crippen LogP contribution in [0.25, 0.3) is 0 Å². The van der Waals surface area contributed by atoms with Crippen LogP contribution in [0.15, 0.2) is 6.07 Å². The van der Waals surface area contributed by atoms with Crippen molar-refractivity contribution in [3.05, 3.63) is 17.6 Å². The zero-order chi connectivity index (χ0) is 9.97. The molecule has 72 valence electrons. The molecule has 0 atom stereocenters. The van der Waals surface area contributed by atoms with Crippen LogP contribution in [0.1, 0.15) is 30.8 Å². The molecule has 0 amide bonds. The highest BCUT2D eigenvalue weighted by Gasteiger charge is 2.17. The summed E-state index contributed by atoms with van der Waals surface area (Å²) in [6.45, 7) is 1.80. The van der Waals surface area contributed by atoms with Crippen LogP contribution < -0.4 is 5.32 Å². The largest absolute Gasteiger partial charge is 0.367 e. The van der Waals surface area contributed by atoms with Gasteiger partial charge in [-0.15, -0.1) is 0 Å². The summed E-state index contributed by atoms with van der Waals surface area (Å²) in [6.07, 6.45) is 3.68. The second-order valence-corrected chi connectivity index (χ2v) is 3.57. The number of nitrogens with one attached hydrogen (secondary N) is 1. The van der Waals surface area contributed by atoms with Crippen LogP contribution in [-0.4, -0.2) is 16.0 Å². The Labute approximate surface area is 83.0 Å². The maximum atomic E-state index is 8.72. The molecule has 0 aromatic carbocycles. The highest BCUT2D eigenvalue weighted by Crippen LogP contribution is 2.22. The Bertz CT molecular complexity index is 376. The molecule has 2 rings (SSSR count). The summed E-state index contributed by atoms with van der Waals surface area (Å²) < 4.78 is 0. The fourth-order valence-electron chi connectivity index (χ4n) is 1.46. The van der Waals surface area contributed by atoms with Crippen LogP contribution in [0, 0.1) is 18.3 Å². The number of aryl methyl sites for hydroxylation is 1. The van der Waals surface area contributed by atoms with Crippen LogP contribution in [0.5, 0.6) is 0 Å². The van der Waals surface area contributed by atoms with Crippen molar-refractivity contribution >= 4 is 5.82 Å². The van der Waals surface area contributed by atoms with Gasteiger partial charge in [0.2, 0.25) is 0 Å². The predicted molar refractivity (Wildman–Crippen MR) is 52.7 cm³/mol. The third-order valence-electron chi connectivity index (χ3n) is 2.41. The lowest BCUT2D eigenvalue weighted by Gasteiger charge is -2.26. The van der Waals surface area contributed by atoms with Crippen molar-refractivity contribution in [2.75, 3.05) is 5.32 Å². The lowest BCUT2D eigenvalue weighted by molar-refractivity contribution is 0.444. The summed E-state index contributed by atoms with van der Waals surface area (Å²) in [5, 5.41) is 12.0. The van der Waals surface area contributed by atoms with Gasteiger partial charge in [0, 0.05) is 12.1 Å². The minimum atomic E-state index is 0.430. The molecule has 0 aliphatic heterocycles. The second kappa shape index (κ2) is 3.62. The van der Waals surface area contributed by atoms with Crippen LogP contribution in [-0.2, 0) is 0 Å². The Kier molecular flexibility index (Phi) is 2.32. The predicted octanol–water partition coefficient (Wildman–Crippen LogP) is 1.62. The van der Waals surface area contributed by atoms with E-state index in [-0.39, 0.29) is 0 Å². The summed E-state index contributed by atoms with van der Waals surface area (Å²) in [5.74, 6) is 1.42. The minimum absolute atomic E-state index is 0.430. The van der Waals surface area contributed by atoms with E-state index in [1.807, 2.05) is 6.07 Å². The molecule has 1 aliphatic rings. The molecule has 4 heteroatoms. The van der Waals surface area contributed by atoms with Gasteiger partial charge in [0.05, 0.1) is 0 Å². The Morgan fingerprint density at radius 3 is 2.86 bits per heavy atom. The van der Waals surface area contributed by atoms with Crippen molar-refractivity contribution in [3.63, 3.8) is 0 Å². The number of rotatable bonds is 2. The first kappa shape index (κ1) is 8.95.